The summed E-state index contributed by atoms with van der Waals surface area (Å²) in [7, 11) is -2.93. The average molecular weight is 266 g/mol. The van der Waals surface area contributed by atoms with Crippen LogP contribution in [0.15, 0.2) is 4.99 Å². The minimum atomic E-state index is -2.93. The molecule has 0 bridgehead atoms. The molecule has 15 heavy (non-hydrogen) atoms. The van der Waals surface area contributed by atoms with E-state index in [4.69, 9.17) is 0 Å². The van der Waals surface area contributed by atoms with Crippen LogP contribution in [-0.2, 0) is 14.6 Å². The second-order valence-corrected chi connectivity index (χ2v) is 7.96. The van der Waals surface area contributed by atoms with Gasteiger partial charge in [0.2, 0.25) is 0 Å². The Balaban J connectivity index is 1.96. The number of nitrogens with zero attached hydrogens (tertiary/aromatic N) is 1. The van der Waals surface area contributed by atoms with E-state index in [-0.39, 0.29) is 28.6 Å². The van der Waals surface area contributed by atoms with Crippen molar-refractivity contribution in [1.29, 1.82) is 0 Å². The number of carboxylic acids is 1. The summed E-state index contributed by atoms with van der Waals surface area (Å²) < 4.78 is 23.1. The second-order valence-electron chi connectivity index (χ2n) is 3.36. The minimum absolute atomic E-state index is 0.0146. The van der Waals surface area contributed by atoms with Crippen molar-refractivity contribution < 1.29 is 18.3 Å². The molecule has 0 spiro atoms. The molecule has 0 saturated carbocycles. The highest BCUT2D eigenvalue weighted by atomic mass is 32.2. The Morgan fingerprint density at radius 2 is 2.33 bits per heavy atom. The maximum atomic E-state index is 11.2. The van der Waals surface area contributed by atoms with Gasteiger partial charge in [-0.3, -0.25) is 4.99 Å². The van der Waals surface area contributed by atoms with Crippen LogP contribution >= 0.6 is 23.5 Å². The predicted molar refractivity (Wildman–Crippen MR) is 58.7 cm³/mol. The van der Waals surface area contributed by atoms with Crippen LogP contribution in [0.4, 0.5) is 0 Å². The van der Waals surface area contributed by atoms with Gasteiger partial charge in [0.1, 0.15) is 4.38 Å². The van der Waals surface area contributed by atoms with E-state index in [1.807, 2.05) is 0 Å². The highest BCUT2D eigenvalue weighted by Crippen LogP contribution is 2.37. The first-order valence-corrected chi connectivity index (χ1v) is 7.92. The molecule has 0 aliphatic carbocycles. The number of sulfone groups is 1. The fourth-order valence-corrected chi connectivity index (χ4v) is 6.26. The van der Waals surface area contributed by atoms with E-state index in [9.17, 15) is 18.3 Å². The Kier molecular flexibility index (Phi) is 3.00. The lowest BCUT2D eigenvalue weighted by molar-refractivity contribution is -0.301. The van der Waals surface area contributed by atoms with Crippen molar-refractivity contribution in [2.45, 2.75) is 11.3 Å². The third kappa shape index (κ3) is 2.67. The zero-order chi connectivity index (χ0) is 11.1. The lowest BCUT2D eigenvalue weighted by atomic mass is 10.3. The molecular weight excluding hydrogens is 258 g/mol. The number of hydrogen-bond donors (Lipinski definition) is 0. The molecule has 0 unspecified atom stereocenters. The van der Waals surface area contributed by atoms with E-state index in [2.05, 4.69) is 4.99 Å². The number of fused-ring (bicyclic) bond motifs is 1. The topological polar surface area (TPSA) is 86.6 Å². The van der Waals surface area contributed by atoms with Crippen molar-refractivity contribution in [2.75, 3.05) is 17.3 Å². The third-order valence-corrected chi connectivity index (χ3v) is 6.50. The lowest BCUT2D eigenvalue weighted by Gasteiger charge is -2.03. The summed E-state index contributed by atoms with van der Waals surface area (Å²) in [5, 5.41) is 10.2. The fourth-order valence-electron chi connectivity index (χ4n) is 1.52. The van der Waals surface area contributed by atoms with Gasteiger partial charge in [0.25, 0.3) is 0 Å². The van der Waals surface area contributed by atoms with E-state index < -0.39 is 15.8 Å². The largest absolute Gasteiger partial charge is 0.549 e. The molecule has 2 aliphatic rings. The first-order valence-electron chi connectivity index (χ1n) is 4.24. The molecule has 2 heterocycles. The Morgan fingerprint density at radius 3 is 2.93 bits per heavy atom. The first-order chi connectivity index (χ1) is 6.96. The van der Waals surface area contributed by atoms with Crippen LogP contribution < -0.4 is 5.11 Å². The highest BCUT2D eigenvalue weighted by Gasteiger charge is 2.42. The molecule has 1 saturated heterocycles. The first kappa shape index (κ1) is 11.3. The SMILES string of the molecule is O=C([O-])CSC1=N[C@H]2CS(=O)(=O)C[C@H]2S1. The van der Waals surface area contributed by atoms with Crippen molar-refractivity contribution in [3.8, 4) is 0 Å². The average Bonchev–Trinajstić information content (AvgIpc) is 2.53. The number of aliphatic carboxylic acids is 1. The van der Waals surface area contributed by atoms with Gasteiger partial charge in [-0.15, -0.1) is 0 Å². The van der Waals surface area contributed by atoms with Gasteiger partial charge in [-0.25, -0.2) is 8.42 Å². The lowest BCUT2D eigenvalue weighted by Crippen LogP contribution is -2.24. The normalized spacial score (nSPS) is 32.4. The third-order valence-electron chi connectivity index (χ3n) is 2.11. The number of aliphatic imine (C=N–C) groups is 1. The number of carbonyl (C=O) groups excluding carboxylic acids is 1. The van der Waals surface area contributed by atoms with E-state index >= 15 is 0 Å². The second kappa shape index (κ2) is 3.99. The summed E-state index contributed by atoms with van der Waals surface area (Å²) in [5.74, 6) is -1.01. The summed E-state index contributed by atoms with van der Waals surface area (Å²) in [4.78, 5) is 14.4. The number of hydrogen-bond acceptors (Lipinski definition) is 7. The summed E-state index contributed by atoms with van der Waals surface area (Å²) in [6.45, 7) is 0. The van der Waals surface area contributed by atoms with Gasteiger partial charge in [-0.2, -0.15) is 0 Å². The molecular formula is C7H8NO4S3-. The molecule has 2 aliphatic heterocycles. The molecule has 0 amide bonds. The van der Waals surface area contributed by atoms with E-state index in [1.165, 1.54) is 11.8 Å². The van der Waals surface area contributed by atoms with Gasteiger partial charge in [0.15, 0.2) is 9.84 Å². The van der Waals surface area contributed by atoms with Crippen LogP contribution in [0.1, 0.15) is 0 Å². The van der Waals surface area contributed by atoms with Crippen LogP contribution in [-0.4, -0.2) is 47.3 Å². The van der Waals surface area contributed by atoms with Crippen LogP contribution in [0.25, 0.3) is 0 Å². The molecule has 0 aromatic heterocycles. The predicted octanol–water partition coefficient (Wildman–Crippen LogP) is -1.26. The minimum Gasteiger partial charge on any atom is -0.549 e. The quantitative estimate of drug-likeness (QED) is 0.620. The Bertz CT molecular complexity index is 416. The zero-order valence-corrected chi connectivity index (χ0v) is 10.0. The summed E-state index contributed by atoms with van der Waals surface area (Å²) in [6, 6.07) is -0.177. The number of thioether (sulfide) groups is 2. The van der Waals surface area contributed by atoms with Crippen molar-refractivity contribution >= 4 is 43.7 Å². The van der Waals surface area contributed by atoms with Crippen molar-refractivity contribution in [3.63, 3.8) is 0 Å². The monoisotopic (exact) mass is 266 g/mol. The summed E-state index contributed by atoms with van der Waals surface area (Å²) >= 11 is 2.47. The standard InChI is InChI=1S/C7H9NO4S3/c9-6(10)1-13-7-8-4-2-15(11,12)3-5(4)14-7/h4-5H,1-3H2,(H,9,10)/p-1/t4-,5+/m0/s1. The molecule has 0 aromatic rings. The van der Waals surface area contributed by atoms with Crippen LogP contribution in [0, 0.1) is 0 Å². The van der Waals surface area contributed by atoms with E-state index in [0.717, 1.165) is 11.8 Å². The number of carboxylic acid groups (broad SMARTS) is 1. The van der Waals surface area contributed by atoms with Crippen molar-refractivity contribution in [2.24, 2.45) is 4.99 Å². The molecule has 2 atom stereocenters. The van der Waals surface area contributed by atoms with Gasteiger partial charge >= 0.3 is 0 Å². The fraction of sp³-hybridized carbons (Fsp3) is 0.714. The highest BCUT2D eigenvalue weighted by molar-refractivity contribution is 8.39. The number of rotatable bonds is 2. The van der Waals surface area contributed by atoms with Gasteiger partial charge in [-0.1, -0.05) is 23.5 Å². The van der Waals surface area contributed by atoms with Crippen LogP contribution in [0.5, 0.6) is 0 Å². The van der Waals surface area contributed by atoms with Gasteiger partial charge in [-0.05, 0) is 0 Å². The molecule has 84 valence electrons. The van der Waals surface area contributed by atoms with Gasteiger partial charge in [0, 0.05) is 11.0 Å². The summed E-state index contributed by atoms with van der Waals surface area (Å²) in [6.07, 6.45) is 0. The molecule has 2 rings (SSSR count). The number of carbonyl (C=O) groups is 1. The van der Waals surface area contributed by atoms with E-state index in [0.29, 0.717) is 4.38 Å². The maximum absolute atomic E-state index is 11.2. The van der Waals surface area contributed by atoms with Crippen LogP contribution in [0.2, 0.25) is 0 Å². The molecule has 8 heteroatoms. The maximum Gasteiger partial charge on any atom is 0.153 e. The molecule has 1 fully saturated rings. The van der Waals surface area contributed by atoms with Crippen LogP contribution in [0.3, 0.4) is 0 Å². The molecule has 0 N–H and O–H groups in total. The van der Waals surface area contributed by atoms with Crippen molar-refractivity contribution in [3.05, 3.63) is 0 Å². The van der Waals surface area contributed by atoms with E-state index in [1.54, 1.807) is 0 Å². The van der Waals surface area contributed by atoms with Gasteiger partial charge < -0.3 is 9.90 Å². The molecule has 0 radical (unpaired) electrons. The zero-order valence-electron chi connectivity index (χ0n) is 7.58. The molecule has 0 aromatic carbocycles. The summed E-state index contributed by atoms with van der Waals surface area (Å²) in [5.41, 5.74) is 0. The Labute approximate surface area is 95.6 Å². The Hall–Kier alpha value is -0.210. The molecule has 5 nitrogen and oxygen atoms in total. The smallest absolute Gasteiger partial charge is 0.153 e. The van der Waals surface area contributed by atoms with Gasteiger partial charge in [0.05, 0.1) is 23.5 Å². The Morgan fingerprint density at radius 1 is 1.60 bits per heavy atom. The van der Waals surface area contributed by atoms with Crippen molar-refractivity contribution in [1.82, 2.24) is 0 Å².